The van der Waals surface area contributed by atoms with Gasteiger partial charge < -0.3 is 14.8 Å². The number of aromatic nitrogens is 1. The van der Waals surface area contributed by atoms with Crippen molar-refractivity contribution in [1.82, 2.24) is 10.3 Å². The third-order valence-corrected chi connectivity index (χ3v) is 3.23. The highest BCUT2D eigenvalue weighted by Crippen LogP contribution is 2.27. The molecule has 0 spiro atoms. The Labute approximate surface area is 106 Å². The Morgan fingerprint density at radius 2 is 2.33 bits per heavy atom. The number of fused-ring (bicyclic) bond motifs is 1. The Balaban J connectivity index is 2.05. The zero-order valence-electron chi connectivity index (χ0n) is 10.3. The molecule has 1 N–H and O–H groups in total. The highest BCUT2D eigenvalue weighted by molar-refractivity contribution is 5.86. The van der Waals surface area contributed by atoms with E-state index in [2.05, 4.69) is 16.4 Å². The standard InChI is InChI=1S/C14H16N2O2/c1-17-11-2-3-12-10(8-11)4-5-16-14(12)13-9-15-6-7-18-13/h2-5,8,13,15H,6-7,9H2,1H3. The molecule has 0 saturated carbocycles. The number of hydrogen-bond donors (Lipinski definition) is 1. The molecular weight excluding hydrogens is 228 g/mol. The Morgan fingerprint density at radius 3 is 3.11 bits per heavy atom. The topological polar surface area (TPSA) is 43.4 Å². The van der Waals surface area contributed by atoms with Crippen molar-refractivity contribution in [3.05, 3.63) is 36.2 Å². The van der Waals surface area contributed by atoms with Gasteiger partial charge in [-0.25, -0.2) is 0 Å². The van der Waals surface area contributed by atoms with Gasteiger partial charge in [-0.1, -0.05) is 0 Å². The van der Waals surface area contributed by atoms with E-state index in [1.54, 1.807) is 7.11 Å². The number of morpholine rings is 1. The first-order chi connectivity index (χ1) is 8.88. The molecule has 0 aliphatic carbocycles. The van der Waals surface area contributed by atoms with Crippen LogP contribution in [0, 0.1) is 0 Å². The van der Waals surface area contributed by atoms with Gasteiger partial charge >= 0.3 is 0 Å². The molecule has 1 unspecified atom stereocenters. The van der Waals surface area contributed by atoms with Crippen LogP contribution in [0.5, 0.6) is 5.75 Å². The van der Waals surface area contributed by atoms with Crippen LogP contribution in [0.15, 0.2) is 30.5 Å². The van der Waals surface area contributed by atoms with E-state index in [0.29, 0.717) is 0 Å². The minimum Gasteiger partial charge on any atom is -0.497 e. The summed E-state index contributed by atoms with van der Waals surface area (Å²) in [5.74, 6) is 0.863. The highest BCUT2D eigenvalue weighted by atomic mass is 16.5. The molecule has 1 fully saturated rings. The van der Waals surface area contributed by atoms with Crippen LogP contribution in [0.3, 0.4) is 0 Å². The molecule has 94 valence electrons. The second kappa shape index (κ2) is 4.92. The zero-order chi connectivity index (χ0) is 12.4. The maximum Gasteiger partial charge on any atom is 0.119 e. The quantitative estimate of drug-likeness (QED) is 0.876. The average Bonchev–Trinajstić information content (AvgIpc) is 2.47. The minimum absolute atomic E-state index is 0.0378. The van der Waals surface area contributed by atoms with E-state index in [4.69, 9.17) is 9.47 Å². The predicted octanol–water partition coefficient (Wildman–Crippen LogP) is 1.90. The van der Waals surface area contributed by atoms with Gasteiger partial charge in [0.25, 0.3) is 0 Å². The maximum absolute atomic E-state index is 5.77. The summed E-state index contributed by atoms with van der Waals surface area (Å²) < 4.78 is 11.0. The molecule has 1 aromatic heterocycles. The third kappa shape index (κ3) is 2.05. The summed E-state index contributed by atoms with van der Waals surface area (Å²) in [7, 11) is 1.68. The molecule has 4 heteroatoms. The van der Waals surface area contributed by atoms with E-state index in [-0.39, 0.29) is 6.10 Å². The molecule has 1 aromatic carbocycles. The van der Waals surface area contributed by atoms with Gasteiger partial charge in [-0.3, -0.25) is 4.98 Å². The van der Waals surface area contributed by atoms with Crippen LogP contribution in [-0.2, 0) is 4.74 Å². The molecule has 1 atom stereocenters. The lowest BCUT2D eigenvalue weighted by Crippen LogP contribution is -2.33. The van der Waals surface area contributed by atoms with E-state index >= 15 is 0 Å². The van der Waals surface area contributed by atoms with Crippen LogP contribution in [-0.4, -0.2) is 31.8 Å². The van der Waals surface area contributed by atoms with Crippen molar-refractivity contribution in [1.29, 1.82) is 0 Å². The van der Waals surface area contributed by atoms with E-state index in [1.165, 1.54) is 0 Å². The van der Waals surface area contributed by atoms with Crippen LogP contribution in [0.25, 0.3) is 10.8 Å². The molecule has 1 saturated heterocycles. The number of nitrogens with zero attached hydrogens (tertiary/aromatic N) is 1. The number of pyridine rings is 1. The van der Waals surface area contributed by atoms with Gasteiger partial charge in [-0.2, -0.15) is 0 Å². The first kappa shape index (κ1) is 11.4. The zero-order valence-corrected chi connectivity index (χ0v) is 10.3. The fourth-order valence-corrected chi connectivity index (χ4v) is 2.30. The fourth-order valence-electron chi connectivity index (χ4n) is 2.30. The highest BCUT2D eigenvalue weighted by Gasteiger charge is 2.19. The number of nitrogens with one attached hydrogen (secondary N) is 1. The first-order valence-electron chi connectivity index (χ1n) is 6.13. The van der Waals surface area contributed by atoms with Gasteiger partial charge in [-0.15, -0.1) is 0 Å². The van der Waals surface area contributed by atoms with E-state index in [0.717, 1.165) is 41.9 Å². The van der Waals surface area contributed by atoms with Crippen molar-refractivity contribution >= 4 is 10.8 Å². The maximum atomic E-state index is 5.77. The Kier molecular flexibility index (Phi) is 3.13. The van der Waals surface area contributed by atoms with Crippen molar-refractivity contribution in [2.24, 2.45) is 0 Å². The minimum atomic E-state index is 0.0378. The molecular formula is C14H16N2O2. The number of ether oxygens (including phenoxy) is 2. The van der Waals surface area contributed by atoms with Crippen LogP contribution >= 0.6 is 0 Å². The molecule has 2 heterocycles. The summed E-state index contributed by atoms with van der Waals surface area (Å²) >= 11 is 0. The van der Waals surface area contributed by atoms with Crippen molar-refractivity contribution in [2.75, 3.05) is 26.8 Å². The van der Waals surface area contributed by atoms with Gasteiger partial charge in [0.2, 0.25) is 0 Å². The van der Waals surface area contributed by atoms with Gasteiger partial charge in [0.05, 0.1) is 19.4 Å². The Bertz CT molecular complexity index is 550. The van der Waals surface area contributed by atoms with Crippen molar-refractivity contribution in [3.8, 4) is 5.75 Å². The molecule has 0 bridgehead atoms. The monoisotopic (exact) mass is 244 g/mol. The lowest BCUT2D eigenvalue weighted by Gasteiger charge is -2.24. The molecule has 2 aromatic rings. The van der Waals surface area contributed by atoms with E-state index < -0.39 is 0 Å². The second-order valence-electron chi connectivity index (χ2n) is 4.35. The van der Waals surface area contributed by atoms with Crippen LogP contribution in [0.4, 0.5) is 0 Å². The van der Waals surface area contributed by atoms with E-state index in [1.807, 2.05) is 24.4 Å². The SMILES string of the molecule is COc1ccc2c(C3CNCCO3)nccc2c1. The third-order valence-electron chi connectivity index (χ3n) is 3.23. The molecule has 4 nitrogen and oxygen atoms in total. The fraction of sp³-hybridized carbons (Fsp3) is 0.357. The molecule has 0 radical (unpaired) electrons. The van der Waals surface area contributed by atoms with Crippen molar-refractivity contribution in [2.45, 2.75) is 6.10 Å². The predicted molar refractivity (Wildman–Crippen MR) is 69.9 cm³/mol. The molecule has 3 rings (SSSR count). The van der Waals surface area contributed by atoms with Crippen LogP contribution < -0.4 is 10.1 Å². The smallest absolute Gasteiger partial charge is 0.119 e. The van der Waals surface area contributed by atoms with Gasteiger partial charge in [0, 0.05) is 24.7 Å². The summed E-state index contributed by atoms with van der Waals surface area (Å²) in [4.78, 5) is 4.48. The lowest BCUT2D eigenvalue weighted by atomic mass is 10.1. The van der Waals surface area contributed by atoms with Gasteiger partial charge in [0.1, 0.15) is 11.9 Å². The van der Waals surface area contributed by atoms with Crippen LogP contribution in [0.1, 0.15) is 11.8 Å². The lowest BCUT2D eigenvalue weighted by molar-refractivity contribution is 0.0260. The van der Waals surface area contributed by atoms with Gasteiger partial charge in [0.15, 0.2) is 0 Å². The summed E-state index contributed by atoms with van der Waals surface area (Å²) in [6, 6.07) is 8.03. The summed E-state index contributed by atoms with van der Waals surface area (Å²) in [5, 5.41) is 5.60. The number of hydrogen-bond acceptors (Lipinski definition) is 4. The first-order valence-corrected chi connectivity index (χ1v) is 6.13. The van der Waals surface area contributed by atoms with Crippen molar-refractivity contribution < 1.29 is 9.47 Å². The molecule has 1 aliphatic heterocycles. The molecule has 18 heavy (non-hydrogen) atoms. The average molecular weight is 244 g/mol. The Hall–Kier alpha value is -1.65. The number of rotatable bonds is 2. The summed E-state index contributed by atoms with van der Waals surface area (Å²) in [5.41, 5.74) is 1.00. The van der Waals surface area contributed by atoms with Crippen LogP contribution in [0.2, 0.25) is 0 Å². The van der Waals surface area contributed by atoms with Crippen molar-refractivity contribution in [3.63, 3.8) is 0 Å². The number of methoxy groups -OCH3 is 1. The second-order valence-corrected chi connectivity index (χ2v) is 4.35. The number of benzene rings is 1. The summed E-state index contributed by atoms with van der Waals surface area (Å²) in [6.07, 6.45) is 1.87. The Morgan fingerprint density at radius 1 is 1.39 bits per heavy atom. The van der Waals surface area contributed by atoms with E-state index in [9.17, 15) is 0 Å². The largest absolute Gasteiger partial charge is 0.497 e. The van der Waals surface area contributed by atoms with Gasteiger partial charge in [-0.05, 0) is 29.7 Å². The molecule has 0 amide bonds. The molecule has 1 aliphatic rings. The summed E-state index contributed by atoms with van der Waals surface area (Å²) in [6.45, 7) is 2.46. The normalized spacial score (nSPS) is 19.9.